The minimum absolute atomic E-state index is 0.0150. The Morgan fingerprint density at radius 1 is 1.11 bits per heavy atom. The molecule has 0 fully saturated rings. The Bertz CT molecular complexity index is 685. The van der Waals surface area contributed by atoms with Crippen molar-refractivity contribution in [1.29, 1.82) is 0 Å². The molecule has 0 bridgehead atoms. The van der Waals surface area contributed by atoms with Gasteiger partial charge >= 0.3 is 11.4 Å². The molecule has 0 aromatic carbocycles. The Morgan fingerprint density at radius 2 is 1.72 bits per heavy atom. The summed E-state index contributed by atoms with van der Waals surface area (Å²) in [5.41, 5.74) is 9.78. The summed E-state index contributed by atoms with van der Waals surface area (Å²) in [6.45, 7) is 0. The summed E-state index contributed by atoms with van der Waals surface area (Å²) < 4.78 is 0. The van der Waals surface area contributed by atoms with Crippen molar-refractivity contribution in [3.8, 4) is 0 Å². The molecule has 2 aromatic heterocycles. The van der Waals surface area contributed by atoms with Gasteiger partial charge in [-0.25, -0.2) is 9.97 Å². The van der Waals surface area contributed by atoms with Crippen LogP contribution in [0.2, 0.25) is 0 Å². The van der Waals surface area contributed by atoms with Gasteiger partial charge in [0.05, 0.1) is 15.2 Å². The van der Waals surface area contributed by atoms with Crippen LogP contribution in [0.3, 0.4) is 0 Å². The van der Waals surface area contributed by atoms with Crippen LogP contribution >= 0.6 is 0 Å². The van der Waals surface area contributed by atoms with Gasteiger partial charge in [0.2, 0.25) is 5.82 Å². The van der Waals surface area contributed by atoms with Crippen molar-refractivity contribution in [3.05, 3.63) is 32.5 Å². The molecular weight excluding hydrogens is 244 g/mol. The van der Waals surface area contributed by atoms with Crippen molar-refractivity contribution in [2.45, 2.75) is 0 Å². The molecule has 18 heavy (non-hydrogen) atoms. The number of pyridine rings is 2. The second-order valence-electron chi connectivity index (χ2n) is 3.34. The number of rotatable bonds is 2. The lowest BCUT2D eigenvalue weighted by Gasteiger charge is -2.03. The largest absolute Gasteiger partial charge is 0.393 e. The number of anilines is 2. The minimum atomic E-state index is -0.750. The van der Waals surface area contributed by atoms with E-state index in [9.17, 15) is 20.2 Å². The first-order valence-corrected chi connectivity index (χ1v) is 4.55. The highest BCUT2D eigenvalue weighted by molar-refractivity contribution is 5.95. The van der Waals surface area contributed by atoms with E-state index in [1.807, 2.05) is 0 Å². The van der Waals surface area contributed by atoms with Crippen molar-refractivity contribution >= 4 is 33.9 Å². The topological polar surface area (TPSA) is 164 Å². The van der Waals surface area contributed by atoms with Crippen molar-refractivity contribution in [2.75, 3.05) is 11.5 Å². The number of hydrogen-bond acceptors (Lipinski definition) is 8. The molecule has 10 heteroatoms. The first-order valence-electron chi connectivity index (χ1n) is 4.55. The maximum absolute atomic E-state index is 10.7. The fraction of sp³-hybridized carbons (Fsp3) is 0. The smallest absolute Gasteiger partial charge is 0.311 e. The number of nitro groups is 2. The standard InChI is InChI=1S/C8H6N6O4/c9-6-3-1-4(13(15)16)7(10)12-8(3)11-2-5(6)14(17)18/h1-2H,(H4,9,10,11,12). The van der Waals surface area contributed by atoms with Crippen LogP contribution in [-0.2, 0) is 0 Å². The number of fused-ring (bicyclic) bond motifs is 1. The van der Waals surface area contributed by atoms with E-state index in [-0.39, 0.29) is 22.5 Å². The van der Waals surface area contributed by atoms with Gasteiger partial charge in [-0.05, 0) is 0 Å². The van der Waals surface area contributed by atoms with E-state index in [2.05, 4.69) is 9.97 Å². The highest BCUT2D eigenvalue weighted by atomic mass is 16.6. The molecule has 0 aliphatic carbocycles. The molecule has 0 spiro atoms. The summed E-state index contributed by atoms with van der Waals surface area (Å²) in [6.07, 6.45) is 0.927. The van der Waals surface area contributed by atoms with E-state index in [0.717, 1.165) is 12.3 Å². The quantitative estimate of drug-likeness (QED) is 0.577. The van der Waals surface area contributed by atoms with Gasteiger partial charge in [-0.15, -0.1) is 0 Å². The van der Waals surface area contributed by atoms with Gasteiger partial charge in [-0.1, -0.05) is 0 Å². The second kappa shape index (κ2) is 3.76. The van der Waals surface area contributed by atoms with Crippen LogP contribution in [-0.4, -0.2) is 19.8 Å². The molecule has 92 valence electrons. The Labute approximate surface area is 98.5 Å². The summed E-state index contributed by atoms with van der Waals surface area (Å²) in [7, 11) is 0. The zero-order valence-corrected chi connectivity index (χ0v) is 8.73. The maximum Gasteiger partial charge on any atom is 0.311 e. The van der Waals surface area contributed by atoms with Gasteiger partial charge in [0.1, 0.15) is 11.9 Å². The maximum atomic E-state index is 10.7. The van der Waals surface area contributed by atoms with Gasteiger partial charge in [0, 0.05) is 6.07 Å². The molecule has 0 saturated carbocycles. The van der Waals surface area contributed by atoms with Gasteiger partial charge in [-0.3, -0.25) is 20.2 Å². The van der Waals surface area contributed by atoms with Gasteiger partial charge in [0.15, 0.2) is 5.65 Å². The number of nitrogens with zero attached hydrogens (tertiary/aromatic N) is 4. The summed E-state index contributed by atoms with van der Waals surface area (Å²) in [5, 5.41) is 21.4. The SMILES string of the molecule is Nc1nc2ncc([N+](=O)[O-])c(N)c2cc1[N+](=O)[O-]. The van der Waals surface area contributed by atoms with Crippen molar-refractivity contribution in [3.63, 3.8) is 0 Å². The number of hydrogen-bond donors (Lipinski definition) is 2. The molecule has 4 N–H and O–H groups in total. The average Bonchev–Trinajstić information content (AvgIpc) is 2.27. The van der Waals surface area contributed by atoms with Crippen LogP contribution in [0.5, 0.6) is 0 Å². The van der Waals surface area contributed by atoms with Crippen molar-refractivity contribution in [2.24, 2.45) is 0 Å². The van der Waals surface area contributed by atoms with Crippen molar-refractivity contribution in [1.82, 2.24) is 9.97 Å². The first-order chi connectivity index (χ1) is 8.41. The van der Waals surface area contributed by atoms with E-state index in [1.165, 1.54) is 0 Å². The average molecular weight is 250 g/mol. The molecule has 0 aliphatic heterocycles. The van der Waals surface area contributed by atoms with Crippen LogP contribution < -0.4 is 11.5 Å². The molecule has 2 heterocycles. The zero-order chi connectivity index (χ0) is 13.4. The Morgan fingerprint density at radius 3 is 2.28 bits per heavy atom. The molecule has 0 saturated heterocycles. The highest BCUT2D eigenvalue weighted by Gasteiger charge is 2.21. The Kier molecular flexibility index (Phi) is 2.39. The van der Waals surface area contributed by atoms with Gasteiger partial charge < -0.3 is 11.5 Å². The monoisotopic (exact) mass is 250 g/mol. The summed E-state index contributed by atoms with van der Waals surface area (Å²) in [6, 6.07) is 1.02. The number of nitrogen functional groups attached to an aromatic ring is 2. The third kappa shape index (κ3) is 1.61. The van der Waals surface area contributed by atoms with Crippen LogP contribution in [0.4, 0.5) is 22.9 Å². The van der Waals surface area contributed by atoms with E-state index in [4.69, 9.17) is 11.5 Å². The lowest BCUT2D eigenvalue weighted by Crippen LogP contribution is -2.03. The molecule has 2 aromatic rings. The fourth-order valence-corrected chi connectivity index (χ4v) is 1.42. The third-order valence-electron chi connectivity index (χ3n) is 2.28. The molecule has 0 atom stereocenters. The summed E-state index contributed by atoms with van der Waals surface area (Å²) in [4.78, 5) is 27.2. The van der Waals surface area contributed by atoms with Crippen LogP contribution in [0.15, 0.2) is 12.3 Å². The molecule has 0 radical (unpaired) electrons. The molecule has 0 aliphatic rings. The number of aromatic nitrogens is 2. The lowest BCUT2D eigenvalue weighted by atomic mass is 10.2. The lowest BCUT2D eigenvalue weighted by molar-refractivity contribution is -0.384. The van der Waals surface area contributed by atoms with Gasteiger partial charge in [0.25, 0.3) is 0 Å². The fourth-order valence-electron chi connectivity index (χ4n) is 1.42. The molecule has 10 nitrogen and oxygen atoms in total. The predicted molar refractivity (Wildman–Crippen MR) is 61.7 cm³/mol. The number of nitrogens with two attached hydrogens (primary N) is 2. The first kappa shape index (κ1) is 11.4. The molecule has 0 unspecified atom stereocenters. The molecular formula is C8H6N6O4. The van der Waals surface area contributed by atoms with Crippen LogP contribution in [0.25, 0.3) is 11.0 Å². The van der Waals surface area contributed by atoms with Gasteiger partial charge in [-0.2, -0.15) is 0 Å². The second-order valence-corrected chi connectivity index (χ2v) is 3.34. The van der Waals surface area contributed by atoms with E-state index >= 15 is 0 Å². The summed E-state index contributed by atoms with van der Waals surface area (Å²) in [5.74, 6) is -0.326. The van der Waals surface area contributed by atoms with E-state index < -0.39 is 21.2 Å². The van der Waals surface area contributed by atoms with E-state index in [1.54, 1.807) is 0 Å². The molecule has 0 amide bonds. The normalized spacial score (nSPS) is 10.4. The predicted octanol–water partition coefficient (Wildman–Crippen LogP) is 0.611. The molecule has 2 rings (SSSR count). The Balaban J connectivity index is 2.84. The third-order valence-corrected chi connectivity index (χ3v) is 2.28. The van der Waals surface area contributed by atoms with Crippen LogP contribution in [0, 0.1) is 20.2 Å². The summed E-state index contributed by atoms with van der Waals surface area (Å²) >= 11 is 0. The Hall–Kier alpha value is -3.04. The van der Waals surface area contributed by atoms with Crippen LogP contribution in [0.1, 0.15) is 0 Å². The highest BCUT2D eigenvalue weighted by Crippen LogP contribution is 2.32. The minimum Gasteiger partial charge on any atom is -0.393 e. The van der Waals surface area contributed by atoms with E-state index in [0.29, 0.717) is 0 Å². The zero-order valence-electron chi connectivity index (χ0n) is 8.73. The van der Waals surface area contributed by atoms with Crippen molar-refractivity contribution < 1.29 is 9.85 Å².